The van der Waals surface area contributed by atoms with Crippen molar-refractivity contribution in [3.63, 3.8) is 0 Å². The van der Waals surface area contributed by atoms with Crippen molar-refractivity contribution in [2.45, 2.75) is 6.43 Å². The zero-order chi connectivity index (χ0) is 11.1. The predicted octanol–water partition coefficient (Wildman–Crippen LogP) is 1.31. The molecular formula is C8H10F3N3O. The molecule has 0 unspecified atom stereocenters. The van der Waals surface area contributed by atoms with Gasteiger partial charge in [-0.05, 0) is 0 Å². The number of nitrogens with zero attached hydrogens (tertiary/aromatic N) is 2. The average Bonchev–Trinajstić information content (AvgIpc) is 2.17. The summed E-state index contributed by atoms with van der Waals surface area (Å²) >= 11 is 0. The number of aromatic nitrogens is 2. The van der Waals surface area contributed by atoms with E-state index in [-0.39, 0.29) is 13.2 Å². The van der Waals surface area contributed by atoms with Crippen molar-refractivity contribution in [1.29, 1.82) is 0 Å². The molecule has 15 heavy (non-hydrogen) atoms. The van der Waals surface area contributed by atoms with Crippen molar-refractivity contribution < 1.29 is 17.9 Å². The molecule has 0 atom stereocenters. The van der Waals surface area contributed by atoms with Crippen LogP contribution in [0.4, 0.5) is 19.0 Å². The van der Waals surface area contributed by atoms with Crippen LogP contribution in [0.2, 0.25) is 0 Å². The molecule has 0 aliphatic rings. The van der Waals surface area contributed by atoms with Crippen LogP contribution in [-0.2, 0) is 4.74 Å². The summed E-state index contributed by atoms with van der Waals surface area (Å²) in [5.41, 5.74) is 0. The third-order valence-corrected chi connectivity index (χ3v) is 1.43. The van der Waals surface area contributed by atoms with Crippen LogP contribution in [-0.4, -0.2) is 36.2 Å². The first-order valence-electron chi connectivity index (χ1n) is 4.26. The molecule has 1 aromatic rings. The number of hydrogen-bond acceptors (Lipinski definition) is 4. The first-order chi connectivity index (χ1) is 7.18. The van der Waals surface area contributed by atoms with Crippen LogP contribution in [0.1, 0.15) is 0 Å². The normalized spacial score (nSPS) is 10.7. The highest BCUT2D eigenvalue weighted by atomic mass is 19.3. The van der Waals surface area contributed by atoms with E-state index < -0.39 is 19.0 Å². The Balaban J connectivity index is 2.15. The first-order valence-corrected chi connectivity index (χ1v) is 4.26. The summed E-state index contributed by atoms with van der Waals surface area (Å²) in [5.74, 6) is -0.357. The molecule has 0 saturated heterocycles. The van der Waals surface area contributed by atoms with Gasteiger partial charge in [-0.1, -0.05) is 0 Å². The lowest BCUT2D eigenvalue weighted by molar-refractivity contribution is 0.0215. The molecule has 0 aliphatic carbocycles. The summed E-state index contributed by atoms with van der Waals surface area (Å²) in [6.45, 7) is -0.209. The first kappa shape index (κ1) is 11.7. The summed E-state index contributed by atoms with van der Waals surface area (Å²) in [5, 5.41) is 2.70. The topological polar surface area (TPSA) is 47.0 Å². The third kappa shape index (κ3) is 5.16. The van der Waals surface area contributed by atoms with Gasteiger partial charge in [0, 0.05) is 12.6 Å². The number of hydrogen-bond donors (Lipinski definition) is 1. The lowest BCUT2D eigenvalue weighted by Crippen LogP contribution is -2.13. The van der Waals surface area contributed by atoms with E-state index in [4.69, 9.17) is 0 Å². The van der Waals surface area contributed by atoms with Crippen molar-refractivity contribution in [2.75, 3.05) is 25.1 Å². The van der Waals surface area contributed by atoms with Gasteiger partial charge in [-0.25, -0.2) is 18.7 Å². The van der Waals surface area contributed by atoms with E-state index in [1.165, 1.54) is 0 Å². The predicted molar refractivity (Wildman–Crippen MR) is 47.3 cm³/mol. The highest BCUT2D eigenvalue weighted by Gasteiger charge is 2.01. The van der Waals surface area contributed by atoms with Gasteiger partial charge in [0.1, 0.15) is 18.8 Å². The molecule has 84 valence electrons. The molecule has 0 amide bonds. The number of nitrogens with one attached hydrogen (secondary N) is 1. The van der Waals surface area contributed by atoms with Gasteiger partial charge in [-0.15, -0.1) is 0 Å². The van der Waals surface area contributed by atoms with E-state index >= 15 is 0 Å². The molecule has 1 heterocycles. The van der Waals surface area contributed by atoms with E-state index in [0.717, 1.165) is 12.4 Å². The Morgan fingerprint density at radius 1 is 1.40 bits per heavy atom. The van der Waals surface area contributed by atoms with Crippen LogP contribution in [0, 0.1) is 5.95 Å². The van der Waals surface area contributed by atoms with Gasteiger partial charge >= 0.3 is 0 Å². The highest BCUT2D eigenvalue weighted by molar-refractivity contribution is 5.31. The molecule has 4 nitrogen and oxygen atoms in total. The Morgan fingerprint density at radius 2 is 2.20 bits per heavy atom. The Hall–Kier alpha value is -1.37. The minimum absolute atomic E-state index is 0.107. The molecule has 0 radical (unpaired) electrons. The lowest BCUT2D eigenvalue weighted by Gasteiger charge is -2.05. The van der Waals surface area contributed by atoms with Crippen LogP contribution >= 0.6 is 0 Å². The Bertz CT molecular complexity index is 298. The molecule has 1 aromatic heterocycles. The Labute approximate surface area is 84.5 Å². The van der Waals surface area contributed by atoms with Crippen molar-refractivity contribution in [1.82, 2.24) is 9.97 Å². The van der Waals surface area contributed by atoms with Crippen LogP contribution in [0.3, 0.4) is 0 Å². The second-order valence-electron chi connectivity index (χ2n) is 2.62. The van der Waals surface area contributed by atoms with E-state index in [9.17, 15) is 13.2 Å². The van der Waals surface area contributed by atoms with Gasteiger partial charge in [0.15, 0.2) is 0 Å². The van der Waals surface area contributed by atoms with Gasteiger partial charge in [-0.2, -0.15) is 4.39 Å². The summed E-state index contributed by atoms with van der Waals surface area (Å²) in [4.78, 5) is 6.97. The fraction of sp³-hybridized carbons (Fsp3) is 0.500. The fourth-order valence-corrected chi connectivity index (χ4v) is 0.854. The zero-order valence-corrected chi connectivity index (χ0v) is 7.79. The van der Waals surface area contributed by atoms with Crippen LogP contribution in [0.15, 0.2) is 12.4 Å². The lowest BCUT2D eigenvalue weighted by atomic mass is 10.5. The molecular weight excluding hydrogens is 211 g/mol. The molecule has 7 heteroatoms. The number of halogens is 3. The molecule has 0 aliphatic heterocycles. The molecule has 0 saturated carbocycles. The largest absolute Gasteiger partial charge is 0.374 e. The van der Waals surface area contributed by atoms with Crippen molar-refractivity contribution in [2.24, 2.45) is 0 Å². The Kier molecular flexibility index (Phi) is 4.82. The van der Waals surface area contributed by atoms with Crippen molar-refractivity contribution in [3.05, 3.63) is 18.3 Å². The third-order valence-electron chi connectivity index (χ3n) is 1.43. The maximum atomic E-state index is 12.5. The standard InChI is InChI=1S/C8H10F3N3O/c9-6(10)4-15-2-1-12-8-3-7(11)13-5-14-8/h3,5-6H,1-2,4H2,(H,12,13,14). The van der Waals surface area contributed by atoms with E-state index in [2.05, 4.69) is 20.0 Å². The van der Waals surface area contributed by atoms with E-state index in [1.807, 2.05) is 0 Å². The van der Waals surface area contributed by atoms with Crippen molar-refractivity contribution in [3.8, 4) is 0 Å². The summed E-state index contributed by atoms with van der Waals surface area (Å²) in [6.07, 6.45) is -1.40. The number of rotatable bonds is 6. The summed E-state index contributed by atoms with van der Waals surface area (Å²) in [7, 11) is 0. The Morgan fingerprint density at radius 3 is 2.87 bits per heavy atom. The summed E-state index contributed by atoms with van der Waals surface area (Å²) in [6, 6.07) is 1.10. The molecule has 1 rings (SSSR count). The van der Waals surface area contributed by atoms with E-state index in [0.29, 0.717) is 5.82 Å². The van der Waals surface area contributed by atoms with Crippen LogP contribution < -0.4 is 5.32 Å². The smallest absolute Gasteiger partial charge is 0.261 e. The highest BCUT2D eigenvalue weighted by Crippen LogP contribution is 2.01. The maximum absolute atomic E-state index is 12.5. The second kappa shape index (κ2) is 6.18. The van der Waals surface area contributed by atoms with E-state index in [1.54, 1.807) is 0 Å². The summed E-state index contributed by atoms with van der Waals surface area (Å²) < 4.78 is 40.4. The quantitative estimate of drug-likeness (QED) is 0.581. The fourth-order valence-electron chi connectivity index (χ4n) is 0.854. The van der Waals surface area contributed by atoms with Gasteiger partial charge in [0.05, 0.1) is 6.61 Å². The molecule has 0 spiro atoms. The van der Waals surface area contributed by atoms with Crippen molar-refractivity contribution >= 4 is 5.82 Å². The number of anilines is 1. The second-order valence-corrected chi connectivity index (χ2v) is 2.62. The van der Waals surface area contributed by atoms with Gasteiger partial charge in [-0.3, -0.25) is 0 Å². The molecule has 0 bridgehead atoms. The monoisotopic (exact) mass is 221 g/mol. The number of ether oxygens (including phenoxy) is 1. The van der Waals surface area contributed by atoms with Crippen LogP contribution in [0.5, 0.6) is 0 Å². The zero-order valence-electron chi connectivity index (χ0n) is 7.79. The van der Waals surface area contributed by atoms with Gasteiger partial charge in [0.2, 0.25) is 5.95 Å². The number of alkyl halides is 2. The molecule has 0 fully saturated rings. The van der Waals surface area contributed by atoms with Gasteiger partial charge in [0.25, 0.3) is 6.43 Å². The minimum Gasteiger partial charge on any atom is -0.374 e. The SMILES string of the molecule is Fc1cc(NCCOCC(F)F)ncn1. The van der Waals surface area contributed by atoms with Gasteiger partial charge < -0.3 is 10.1 Å². The van der Waals surface area contributed by atoms with Crippen LogP contribution in [0.25, 0.3) is 0 Å². The molecule has 0 aromatic carbocycles. The average molecular weight is 221 g/mol. The molecule has 1 N–H and O–H groups in total. The maximum Gasteiger partial charge on any atom is 0.261 e. The minimum atomic E-state index is -2.47.